The Hall–Kier alpha value is -1.87. The summed E-state index contributed by atoms with van der Waals surface area (Å²) in [6, 6.07) is 14.6. The van der Waals surface area contributed by atoms with Crippen LogP contribution in [0.2, 0.25) is 0 Å². The van der Waals surface area contributed by atoms with Crippen LogP contribution in [0.1, 0.15) is 11.1 Å². The fourth-order valence-corrected chi connectivity index (χ4v) is 2.23. The number of rotatable bonds is 8. The molecule has 2 aromatic rings. The molecule has 26 heavy (non-hydrogen) atoms. The first kappa shape index (κ1) is 22.2. The molecular weight excluding hydrogens is 446 g/mol. The fraction of sp³-hybridized carbons (Fsp3) is 0.316. The molecule has 2 aromatic carbocycles. The lowest BCUT2D eigenvalue weighted by Gasteiger charge is -2.12. The lowest BCUT2D eigenvalue weighted by Crippen LogP contribution is -2.36. The number of guanidine groups is 1. The highest BCUT2D eigenvalue weighted by Crippen LogP contribution is 2.09. The van der Waals surface area contributed by atoms with Crippen molar-refractivity contribution in [2.45, 2.75) is 13.1 Å². The predicted octanol–water partition coefficient (Wildman–Crippen LogP) is 3.37. The van der Waals surface area contributed by atoms with E-state index in [1.165, 1.54) is 12.1 Å². The summed E-state index contributed by atoms with van der Waals surface area (Å²) in [5.74, 6) is 0.470. The molecule has 0 saturated heterocycles. The van der Waals surface area contributed by atoms with E-state index >= 15 is 0 Å². The zero-order valence-corrected chi connectivity index (χ0v) is 17.4. The highest BCUT2D eigenvalue weighted by Gasteiger charge is 2.00. The van der Waals surface area contributed by atoms with Crippen molar-refractivity contribution >= 4 is 35.6 Å². The van der Waals surface area contributed by atoms with Crippen molar-refractivity contribution in [3.63, 3.8) is 0 Å². The van der Waals surface area contributed by atoms with Crippen LogP contribution in [0, 0.1) is 5.82 Å². The van der Waals surface area contributed by atoms with E-state index in [1.54, 1.807) is 26.3 Å². The molecule has 0 atom stereocenters. The maximum atomic E-state index is 12.9. The molecule has 5 nitrogen and oxygen atoms in total. The van der Waals surface area contributed by atoms with Gasteiger partial charge < -0.3 is 20.7 Å². The average molecular weight is 472 g/mol. The van der Waals surface area contributed by atoms with E-state index < -0.39 is 0 Å². The summed E-state index contributed by atoms with van der Waals surface area (Å²) in [6.45, 7) is 2.72. The molecule has 0 aliphatic carbocycles. The highest BCUT2D eigenvalue weighted by atomic mass is 127. The molecule has 3 N–H and O–H groups in total. The lowest BCUT2D eigenvalue weighted by atomic mass is 10.2. The SMILES string of the molecule is CN=C(NCc1ccc(F)cc1)NCc1ccc(NCCOC)cc1.I. The van der Waals surface area contributed by atoms with Crippen molar-refractivity contribution in [1.29, 1.82) is 0 Å². The number of benzene rings is 2. The Morgan fingerprint density at radius 1 is 0.962 bits per heavy atom. The van der Waals surface area contributed by atoms with Crippen LogP contribution < -0.4 is 16.0 Å². The number of nitrogens with zero attached hydrogens (tertiary/aromatic N) is 1. The van der Waals surface area contributed by atoms with Crippen molar-refractivity contribution in [3.8, 4) is 0 Å². The molecule has 0 fully saturated rings. The molecule has 0 bridgehead atoms. The van der Waals surface area contributed by atoms with E-state index in [1.807, 2.05) is 12.1 Å². The summed E-state index contributed by atoms with van der Waals surface area (Å²) in [6.07, 6.45) is 0. The second kappa shape index (κ2) is 12.5. The average Bonchev–Trinajstić information content (AvgIpc) is 2.64. The topological polar surface area (TPSA) is 57.7 Å². The van der Waals surface area contributed by atoms with Crippen LogP contribution in [-0.2, 0) is 17.8 Å². The van der Waals surface area contributed by atoms with Gasteiger partial charge in [-0.25, -0.2) is 4.39 Å². The Bertz CT molecular complexity index is 662. The summed E-state index contributed by atoms with van der Waals surface area (Å²) in [5.41, 5.74) is 3.22. The molecule has 0 aromatic heterocycles. The molecule has 0 saturated carbocycles. The van der Waals surface area contributed by atoms with Gasteiger partial charge in [-0.3, -0.25) is 4.99 Å². The smallest absolute Gasteiger partial charge is 0.191 e. The lowest BCUT2D eigenvalue weighted by molar-refractivity contribution is 0.211. The minimum absolute atomic E-state index is 0. The number of halogens is 2. The molecular formula is C19H26FIN4O. The van der Waals surface area contributed by atoms with Gasteiger partial charge in [-0.1, -0.05) is 24.3 Å². The largest absolute Gasteiger partial charge is 0.383 e. The van der Waals surface area contributed by atoms with Crippen LogP contribution in [-0.4, -0.2) is 33.3 Å². The third kappa shape index (κ3) is 8.01. The molecule has 0 heterocycles. The maximum absolute atomic E-state index is 12.9. The van der Waals surface area contributed by atoms with Crippen LogP contribution in [0.3, 0.4) is 0 Å². The van der Waals surface area contributed by atoms with Crippen molar-refractivity contribution < 1.29 is 9.13 Å². The zero-order chi connectivity index (χ0) is 17.9. The molecule has 0 radical (unpaired) electrons. The van der Waals surface area contributed by atoms with Crippen LogP contribution >= 0.6 is 24.0 Å². The number of methoxy groups -OCH3 is 1. The standard InChI is InChI=1S/C19H25FN4O.HI/c1-21-19(23-13-15-3-7-17(20)8-4-15)24-14-16-5-9-18(10-6-16)22-11-12-25-2;/h3-10,22H,11-14H2,1-2H3,(H2,21,23,24);1H. The summed E-state index contributed by atoms with van der Waals surface area (Å²) in [5, 5.41) is 9.76. The van der Waals surface area contributed by atoms with Gasteiger partial charge in [-0.2, -0.15) is 0 Å². The molecule has 2 rings (SSSR count). The van der Waals surface area contributed by atoms with E-state index in [2.05, 4.69) is 33.1 Å². The van der Waals surface area contributed by atoms with Crippen molar-refractivity contribution in [2.24, 2.45) is 4.99 Å². The Morgan fingerprint density at radius 2 is 1.50 bits per heavy atom. The number of hydrogen-bond donors (Lipinski definition) is 3. The third-order valence-electron chi connectivity index (χ3n) is 3.65. The van der Waals surface area contributed by atoms with E-state index in [9.17, 15) is 4.39 Å². The summed E-state index contributed by atoms with van der Waals surface area (Å²) >= 11 is 0. The number of hydrogen-bond acceptors (Lipinski definition) is 3. The molecule has 0 unspecified atom stereocenters. The van der Waals surface area contributed by atoms with Crippen LogP contribution in [0.15, 0.2) is 53.5 Å². The number of anilines is 1. The summed E-state index contributed by atoms with van der Waals surface area (Å²) in [7, 11) is 3.41. The summed E-state index contributed by atoms with van der Waals surface area (Å²) < 4.78 is 17.9. The first-order valence-corrected chi connectivity index (χ1v) is 8.22. The number of aliphatic imine (C=N–C) groups is 1. The van der Waals surface area contributed by atoms with Crippen LogP contribution in [0.5, 0.6) is 0 Å². The van der Waals surface area contributed by atoms with E-state index in [-0.39, 0.29) is 29.8 Å². The Balaban J connectivity index is 0.00000338. The van der Waals surface area contributed by atoms with Gasteiger partial charge in [-0.15, -0.1) is 24.0 Å². The highest BCUT2D eigenvalue weighted by molar-refractivity contribution is 14.0. The van der Waals surface area contributed by atoms with Gasteiger partial charge in [0.15, 0.2) is 5.96 Å². The van der Waals surface area contributed by atoms with Crippen molar-refractivity contribution in [1.82, 2.24) is 10.6 Å². The molecule has 0 spiro atoms. The molecule has 7 heteroatoms. The molecule has 0 aliphatic heterocycles. The third-order valence-corrected chi connectivity index (χ3v) is 3.65. The monoisotopic (exact) mass is 472 g/mol. The minimum Gasteiger partial charge on any atom is -0.383 e. The Labute approximate surface area is 171 Å². The fourth-order valence-electron chi connectivity index (χ4n) is 2.23. The number of nitrogens with one attached hydrogen (secondary N) is 3. The van der Waals surface area contributed by atoms with E-state index in [0.717, 1.165) is 23.4 Å². The summed E-state index contributed by atoms with van der Waals surface area (Å²) in [4.78, 5) is 4.20. The van der Waals surface area contributed by atoms with Crippen molar-refractivity contribution in [2.75, 3.05) is 32.6 Å². The van der Waals surface area contributed by atoms with Gasteiger partial charge in [-0.05, 0) is 35.4 Å². The van der Waals surface area contributed by atoms with Crippen LogP contribution in [0.25, 0.3) is 0 Å². The van der Waals surface area contributed by atoms with Crippen molar-refractivity contribution in [3.05, 3.63) is 65.5 Å². The predicted molar refractivity (Wildman–Crippen MR) is 116 cm³/mol. The van der Waals surface area contributed by atoms with Gasteiger partial charge in [0.2, 0.25) is 0 Å². The van der Waals surface area contributed by atoms with Gasteiger partial charge in [0.05, 0.1) is 6.61 Å². The van der Waals surface area contributed by atoms with E-state index in [0.29, 0.717) is 25.7 Å². The Kier molecular flexibility index (Phi) is 10.6. The first-order valence-electron chi connectivity index (χ1n) is 8.22. The maximum Gasteiger partial charge on any atom is 0.191 e. The minimum atomic E-state index is -0.230. The molecule has 142 valence electrons. The number of ether oxygens (including phenoxy) is 1. The second-order valence-electron chi connectivity index (χ2n) is 5.52. The quantitative estimate of drug-likeness (QED) is 0.239. The van der Waals surface area contributed by atoms with Gasteiger partial charge >= 0.3 is 0 Å². The molecule has 0 amide bonds. The van der Waals surface area contributed by atoms with E-state index in [4.69, 9.17) is 4.74 Å². The molecule has 0 aliphatic rings. The van der Waals surface area contributed by atoms with Gasteiger partial charge in [0.1, 0.15) is 5.82 Å². The van der Waals surface area contributed by atoms with Gasteiger partial charge in [0, 0.05) is 39.5 Å². The normalized spacial score (nSPS) is 10.8. The first-order chi connectivity index (χ1) is 12.2. The van der Waals surface area contributed by atoms with Crippen LogP contribution in [0.4, 0.5) is 10.1 Å². The second-order valence-corrected chi connectivity index (χ2v) is 5.52. The Morgan fingerprint density at radius 3 is 2.00 bits per heavy atom. The van der Waals surface area contributed by atoms with Gasteiger partial charge in [0.25, 0.3) is 0 Å². The zero-order valence-electron chi connectivity index (χ0n) is 15.1.